The van der Waals surface area contributed by atoms with Gasteiger partial charge in [-0.05, 0) is 24.3 Å². The number of amides is 4. The third kappa shape index (κ3) is 13.4. The van der Waals surface area contributed by atoms with Crippen LogP contribution in [0.25, 0.3) is 0 Å². The topological polar surface area (TPSA) is 307 Å². The predicted molar refractivity (Wildman–Crippen MR) is 143 cm³/mol. The first-order chi connectivity index (χ1) is 20.6. The average Bonchev–Trinajstić information content (AvgIpc) is 3.56. The maximum Gasteiger partial charge on any atom is 0.335 e. The molecule has 2 aromatic carbocycles. The van der Waals surface area contributed by atoms with Gasteiger partial charge in [0, 0.05) is 25.7 Å². The van der Waals surface area contributed by atoms with Crippen LogP contribution in [-0.2, 0) is 28.7 Å². The van der Waals surface area contributed by atoms with E-state index in [2.05, 4.69) is 10.6 Å². The lowest BCUT2D eigenvalue weighted by molar-refractivity contribution is -0.126. The summed E-state index contributed by atoms with van der Waals surface area (Å²) in [6, 6.07) is 3.38. The number of hydrogen-bond donors (Lipinski definition) is 10. The molecule has 0 atom stereocenters. The zero-order valence-electron chi connectivity index (χ0n) is 22.8. The van der Waals surface area contributed by atoms with Crippen LogP contribution in [0.4, 0.5) is 0 Å². The molecule has 3 aliphatic heterocycles. The number of imide groups is 2. The Kier molecular flexibility index (Phi) is 14.9. The number of ether oxygens (including phenoxy) is 2. The van der Waals surface area contributed by atoms with Crippen LogP contribution in [0, 0.1) is 0 Å². The van der Waals surface area contributed by atoms with Crippen molar-refractivity contribution in [3.05, 3.63) is 35.4 Å². The summed E-state index contributed by atoms with van der Waals surface area (Å²) in [5.41, 5.74) is -0.578. The molecule has 0 saturated carbocycles. The van der Waals surface area contributed by atoms with Crippen molar-refractivity contribution < 1.29 is 79.1 Å². The maximum absolute atomic E-state index is 10.3. The fraction of sp³-hybridized carbons (Fsp3) is 0.308. The maximum atomic E-state index is 10.3. The highest BCUT2D eigenvalue weighted by Gasteiger charge is 2.16. The molecule has 4 amide bonds. The minimum absolute atomic E-state index is 0.148. The van der Waals surface area contributed by atoms with Crippen LogP contribution in [0.3, 0.4) is 0 Å². The molecule has 3 heterocycles. The van der Waals surface area contributed by atoms with Crippen molar-refractivity contribution in [2.45, 2.75) is 25.7 Å². The summed E-state index contributed by atoms with van der Waals surface area (Å²) in [5.74, 6) is -7.26. The number of rotatable bonds is 2. The number of aromatic hydroxyl groups is 6. The van der Waals surface area contributed by atoms with Gasteiger partial charge < -0.3 is 50.3 Å². The van der Waals surface area contributed by atoms with Crippen LogP contribution in [-0.4, -0.2) is 103 Å². The van der Waals surface area contributed by atoms with Gasteiger partial charge in [-0.1, -0.05) is 0 Å². The monoisotopic (exact) mass is 626 g/mol. The molecule has 0 aromatic heterocycles. The number of carbonyl (C=O) groups excluding carboxylic acids is 4. The van der Waals surface area contributed by atoms with Gasteiger partial charge in [0.2, 0.25) is 23.6 Å². The number of aromatic carboxylic acids is 2. The molecular weight excluding hydrogens is 596 g/mol. The molecule has 0 spiro atoms. The van der Waals surface area contributed by atoms with E-state index in [4.69, 9.17) is 50.3 Å². The fourth-order valence-electron chi connectivity index (χ4n) is 2.91. The largest absolute Gasteiger partial charge is 0.504 e. The van der Waals surface area contributed by atoms with Crippen molar-refractivity contribution in [2.75, 3.05) is 26.4 Å². The van der Waals surface area contributed by atoms with Crippen LogP contribution in [0.2, 0.25) is 0 Å². The summed E-state index contributed by atoms with van der Waals surface area (Å²) >= 11 is 0. The number of phenolic OH excluding ortho intramolecular Hbond substituents is 6. The van der Waals surface area contributed by atoms with Gasteiger partial charge in [-0.15, -0.1) is 0 Å². The number of carboxylic acid groups (broad SMARTS) is 2. The Labute approximate surface area is 247 Å². The summed E-state index contributed by atoms with van der Waals surface area (Å²) in [7, 11) is 0. The van der Waals surface area contributed by atoms with Crippen molar-refractivity contribution in [1.29, 1.82) is 0 Å². The third-order valence-electron chi connectivity index (χ3n) is 5.09. The van der Waals surface area contributed by atoms with E-state index in [1.165, 1.54) is 0 Å². The highest BCUT2D eigenvalue weighted by molar-refractivity contribution is 6.02. The van der Waals surface area contributed by atoms with Crippen molar-refractivity contribution in [2.24, 2.45) is 0 Å². The molecule has 10 N–H and O–H groups in total. The van der Waals surface area contributed by atoms with Gasteiger partial charge in [0.15, 0.2) is 34.5 Å². The Morgan fingerprint density at radius 2 is 0.727 bits per heavy atom. The van der Waals surface area contributed by atoms with Gasteiger partial charge in [0.1, 0.15) is 0 Å². The molecule has 3 saturated heterocycles. The van der Waals surface area contributed by atoms with Gasteiger partial charge in [-0.2, -0.15) is 0 Å². The van der Waals surface area contributed by atoms with Crippen LogP contribution < -0.4 is 10.6 Å². The Morgan fingerprint density at radius 3 is 0.864 bits per heavy atom. The second-order valence-electron chi connectivity index (χ2n) is 8.50. The molecule has 18 heteroatoms. The van der Waals surface area contributed by atoms with E-state index >= 15 is 0 Å². The number of hydrogen-bond acceptors (Lipinski definition) is 14. The summed E-state index contributed by atoms with van der Waals surface area (Å²) in [6.07, 6.45) is 1.50. The van der Waals surface area contributed by atoms with Crippen molar-refractivity contribution in [1.82, 2.24) is 10.6 Å². The summed E-state index contributed by atoms with van der Waals surface area (Å²) in [5, 5.41) is 74.2. The normalized spacial score (nSPS) is 14.9. The van der Waals surface area contributed by atoms with Gasteiger partial charge in [0.05, 0.1) is 37.6 Å². The molecule has 2 aromatic rings. The van der Waals surface area contributed by atoms with Crippen LogP contribution in [0.15, 0.2) is 24.3 Å². The van der Waals surface area contributed by atoms with Gasteiger partial charge in [-0.25, -0.2) is 9.59 Å². The molecule has 18 nitrogen and oxygen atoms in total. The quantitative estimate of drug-likeness (QED) is 0.153. The van der Waals surface area contributed by atoms with Crippen molar-refractivity contribution >= 4 is 35.6 Å². The minimum Gasteiger partial charge on any atom is -0.504 e. The van der Waals surface area contributed by atoms with E-state index in [0.717, 1.165) is 50.7 Å². The van der Waals surface area contributed by atoms with E-state index in [-0.39, 0.29) is 34.8 Å². The Morgan fingerprint density at radius 1 is 0.500 bits per heavy atom. The summed E-state index contributed by atoms with van der Waals surface area (Å²) in [6.45, 7) is 3.11. The van der Waals surface area contributed by atoms with Crippen LogP contribution in [0.5, 0.6) is 34.5 Å². The number of carbonyl (C=O) groups is 6. The minimum atomic E-state index is -1.29. The number of benzene rings is 2. The smallest absolute Gasteiger partial charge is 0.335 e. The third-order valence-corrected chi connectivity index (χ3v) is 5.09. The second-order valence-corrected chi connectivity index (χ2v) is 8.50. The highest BCUT2D eigenvalue weighted by atomic mass is 16.6. The highest BCUT2D eigenvalue weighted by Crippen LogP contribution is 2.36. The zero-order chi connectivity index (χ0) is 33.4. The SMILES string of the molecule is C1COCCO1.O=C(O)c1cc(O)c(O)c(O)c1.O=C(O)c1cc(O)c(O)c(O)c1.O=C1CCC(=O)N1.O=C1CCC(=O)N1. The molecule has 0 aliphatic carbocycles. The summed E-state index contributed by atoms with van der Waals surface area (Å²) < 4.78 is 9.89. The van der Waals surface area contributed by atoms with E-state index in [0.29, 0.717) is 25.7 Å². The predicted octanol–water partition coefficient (Wildman–Crippen LogP) is -0.118. The number of carboxylic acids is 2. The zero-order valence-corrected chi connectivity index (χ0v) is 22.8. The molecule has 3 aliphatic rings. The number of nitrogens with one attached hydrogen (secondary N) is 2. The van der Waals surface area contributed by atoms with Crippen LogP contribution in [0.1, 0.15) is 46.4 Å². The number of phenols is 6. The van der Waals surface area contributed by atoms with Gasteiger partial charge in [-0.3, -0.25) is 29.8 Å². The van der Waals surface area contributed by atoms with E-state index in [1.54, 1.807) is 0 Å². The Hall–Kier alpha value is -5.62. The molecule has 3 fully saturated rings. The van der Waals surface area contributed by atoms with Gasteiger partial charge >= 0.3 is 11.9 Å². The lowest BCUT2D eigenvalue weighted by atomic mass is 10.2. The Balaban J connectivity index is 0.000000283. The Bertz CT molecular complexity index is 1190. The second kappa shape index (κ2) is 18.0. The van der Waals surface area contributed by atoms with Crippen LogP contribution >= 0.6 is 0 Å². The fourth-order valence-corrected chi connectivity index (χ4v) is 2.91. The first-order valence-electron chi connectivity index (χ1n) is 12.4. The molecule has 240 valence electrons. The molecule has 0 bridgehead atoms. The van der Waals surface area contributed by atoms with E-state index < -0.39 is 46.4 Å². The lowest BCUT2D eigenvalue weighted by Crippen LogP contribution is -2.18. The van der Waals surface area contributed by atoms with Gasteiger partial charge in [0.25, 0.3) is 0 Å². The van der Waals surface area contributed by atoms with Crippen molar-refractivity contribution in [3.8, 4) is 34.5 Å². The molecule has 0 unspecified atom stereocenters. The summed E-state index contributed by atoms with van der Waals surface area (Å²) in [4.78, 5) is 61.1. The standard InChI is InChI=1S/2C7H6O5.2C4H5NO2.C4H8O2/c2*8-4-1-3(7(11)12)2-5(9)6(4)10;2*6-3-1-2-4(7)5-3;1-2-6-4-3-5-1/h2*1-2,8-10H,(H,11,12);2*1-2H2,(H,5,6,7);1-4H2. The molecule has 44 heavy (non-hydrogen) atoms. The molecule has 0 radical (unpaired) electrons. The van der Waals surface area contributed by atoms with E-state index in [9.17, 15) is 28.8 Å². The first-order valence-corrected chi connectivity index (χ1v) is 12.4. The van der Waals surface area contributed by atoms with Crippen molar-refractivity contribution in [3.63, 3.8) is 0 Å². The molecular formula is C26H30N2O16. The van der Waals surface area contributed by atoms with E-state index in [1.807, 2.05) is 0 Å². The lowest BCUT2D eigenvalue weighted by Gasteiger charge is -2.09. The molecule has 5 rings (SSSR count). The first kappa shape index (κ1) is 36.4. The average molecular weight is 627 g/mol.